The van der Waals surface area contributed by atoms with Gasteiger partial charge in [0.2, 0.25) is 11.8 Å². The zero-order valence-corrected chi connectivity index (χ0v) is 16.1. The Morgan fingerprint density at radius 1 is 0.923 bits per heavy atom. The second-order valence-electron chi connectivity index (χ2n) is 7.84. The first kappa shape index (κ1) is 18.9. The Kier molecular flexibility index (Phi) is 6.30. The van der Waals surface area contributed by atoms with E-state index in [4.69, 9.17) is 0 Å². The van der Waals surface area contributed by atoms with Gasteiger partial charge < -0.3 is 9.80 Å². The Morgan fingerprint density at radius 2 is 1.54 bits per heavy atom. The lowest BCUT2D eigenvalue weighted by molar-refractivity contribution is -0.143. The van der Waals surface area contributed by atoms with Crippen LogP contribution in [0.5, 0.6) is 0 Å². The van der Waals surface area contributed by atoms with E-state index in [-0.39, 0.29) is 17.7 Å². The van der Waals surface area contributed by atoms with Gasteiger partial charge >= 0.3 is 0 Å². The Balaban J connectivity index is 1.43. The van der Waals surface area contributed by atoms with Crippen molar-refractivity contribution in [3.05, 3.63) is 35.9 Å². The van der Waals surface area contributed by atoms with Gasteiger partial charge in [-0.3, -0.25) is 14.5 Å². The van der Waals surface area contributed by atoms with Crippen LogP contribution in [0.4, 0.5) is 0 Å². The molecule has 3 rings (SSSR count). The zero-order valence-electron chi connectivity index (χ0n) is 16.1. The third-order valence-corrected chi connectivity index (χ3v) is 5.58. The van der Waals surface area contributed by atoms with Gasteiger partial charge in [-0.05, 0) is 18.4 Å². The standard InChI is InChI=1S/C21H31N3O2/c1-17(2)20(25)23-10-8-19(9-11-23)21(26)24-14-12-22(13-15-24)16-18-6-4-3-5-7-18/h3-7,17,19H,8-16H2,1-2H3. The van der Waals surface area contributed by atoms with Crippen LogP contribution in [0.15, 0.2) is 30.3 Å². The second kappa shape index (κ2) is 8.67. The van der Waals surface area contributed by atoms with Crippen molar-refractivity contribution in [2.24, 2.45) is 11.8 Å². The normalized spacial score (nSPS) is 19.8. The van der Waals surface area contributed by atoms with E-state index in [1.54, 1.807) is 0 Å². The molecule has 2 amide bonds. The molecule has 2 heterocycles. The van der Waals surface area contributed by atoms with E-state index in [1.165, 1.54) is 5.56 Å². The third-order valence-electron chi connectivity index (χ3n) is 5.58. The van der Waals surface area contributed by atoms with E-state index in [0.29, 0.717) is 5.91 Å². The third kappa shape index (κ3) is 4.64. The van der Waals surface area contributed by atoms with Crippen LogP contribution in [-0.4, -0.2) is 65.8 Å². The molecule has 0 bridgehead atoms. The number of nitrogens with zero attached hydrogens (tertiary/aromatic N) is 3. The van der Waals surface area contributed by atoms with E-state index in [2.05, 4.69) is 29.2 Å². The van der Waals surface area contributed by atoms with Gasteiger partial charge in [-0.1, -0.05) is 44.2 Å². The van der Waals surface area contributed by atoms with Gasteiger partial charge in [0.25, 0.3) is 0 Å². The smallest absolute Gasteiger partial charge is 0.225 e. The monoisotopic (exact) mass is 357 g/mol. The number of piperazine rings is 1. The minimum absolute atomic E-state index is 0.0416. The predicted molar refractivity (Wildman–Crippen MR) is 102 cm³/mol. The number of hydrogen-bond donors (Lipinski definition) is 0. The fourth-order valence-corrected chi connectivity index (χ4v) is 3.94. The number of likely N-dealkylation sites (tertiary alicyclic amines) is 1. The van der Waals surface area contributed by atoms with E-state index in [0.717, 1.165) is 58.7 Å². The van der Waals surface area contributed by atoms with Crippen LogP contribution >= 0.6 is 0 Å². The lowest BCUT2D eigenvalue weighted by atomic mass is 9.94. The zero-order chi connectivity index (χ0) is 18.5. The molecular weight excluding hydrogens is 326 g/mol. The Bertz CT molecular complexity index is 601. The molecule has 142 valence electrons. The van der Waals surface area contributed by atoms with Crippen molar-refractivity contribution < 1.29 is 9.59 Å². The summed E-state index contributed by atoms with van der Waals surface area (Å²) in [5, 5.41) is 0. The Labute approximate surface area is 156 Å². The number of carbonyl (C=O) groups excluding carboxylic acids is 2. The first-order valence-electron chi connectivity index (χ1n) is 9.88. The van der Waals surface area contributed by atoms with Crippen LogP contribution in [0.25, 0.3) is 0 Å². The van der Waals surface area contributed by atoms with E-state index < -0.39 is 0 Å². The molecule has 0 aliphatic carbocycles. The van der Waals surface area contributed by atoms with Gasteiger partial charge in [0, 0.05) is 57.6 Å². The van der Waals surface area contributed by atoms with Gasteiger partial charge in [0.1, 0.15) is 0 Å². The average Bonchev–Trinajstić information content (AvgIpc) is 2.68. The van der Waals surface area contributed by atoms with E-state index in [1.807, 2.05) is 29.7 Å². The van der Waals surface area contributed by atoms with Crippen molar-refractivity contribution in [2.45, 2.75) is 33.2 Å². The SMILES string of the molecule is CC(C)C(=O)N1CCC(C(=O)N2CCN(Cc3ccccc3)CC2)CC1. The quantitative estimate of drug-likeness (QED) is 0.830. The second-order valence-corrected chi connectivity index (χ2v) is 7.84. The summed E-state index contributed by atoms with van der Waals surface area (Å²) in [6.07, 6.45) is 1.61. The largest absolute Gasteiger partial charge is 0.342 e. The summed E-state index contributed by atoms with van der Waals surface area (Å²) in [5.74, 6) is 0.637. The number of rotatable bonds is 4. The molecule has 2 aliphatic heterocycles. The Hall–Kier alpha value is -1.88. The van der Waals surface area contributed by atoms with Gasteiger partial charge in [-0.25, -0.2) is 0 Å². The highest BCUT2D eigenvalue weighted by molar-refractivity contribution is 5.81. The molecule has 0 saturated carbocycles. The highest BCUT2D eigenvalue weighted by atomic mass is 16.2. The van der Waals surface area contributed by atoms with Gasteiger partial charge in [0.05, 0.1) is 0 Å². The molecule has 2 aliphatic rings. The summed E-state index contributed by atoms with van der Waals surface area (Å²) in [4.78, 5) is 31.3. The molecular formula is C21H31N3O2. The number of benzene rings is 1. The topological polar surface area (TPSA) is 43.9 Å². The fraction of sp³-hybridized carbons (Fsp3) is 0.619. The highest BCUT2D eigenvalue weighted by Crippen LogP contribution is 2.22. The fourth-order valence-electron chi connectivity index (χ4n) is 3.94. The summed E-state index contributed by atoms with van der Waals surface area (Å²) >= 11 is 0. The van der Waals surface area contributed by atoms with Crippen molar-refractivity contribution in [1.29, 1.82) is 0 Å². The Morgan fingerprint density at radius 3 is 2.12 bits per heavy atom. The van der Waals surface area contributed by atoms with Crippen LogP contribution in [0, 0.1) is 11.8 Å². The van der Waals surface area contributed by atoms with Crippen molar-refractivity contribution in [2.75, 3.05) is 39.3 Å². The molecule has 5 nitrogen and oxygen atoms in total. The summed E-state index contributed by atoms with van der Waals surface area (Å²) in [7, 11) is 0. The maximum absolute atomic E-state index is 12.8. The van der Waals surface area contributed by atoms with Crippen molar-refractivity contribution in [1.82, 2.24) is 14.7 Å². The van der Waals surface area contributed by atoms with Gasteiger partial charge in [-0.2, -0.15) is 0 Å². The number of piperidine rings is 1. The predicted octanol–water partition coefficient (Wildman–Crippen LogP) is 2.23. The van der Waals surface area contributed by atoms with Gasteiger partial charge in [0.15, 0.2) is 0 Å². The maximum atomic E-state index is 12.8. The molecule has 1 aromatic carbocycles. The minimum Gasteiger partial charge on any atom is -0.342 e. The maximum Gasteiger partial charge on any atom is 0.225 e. The lowest BCUT2D eigenvalue weighted by Gasteiger charge is -2.39. The molecule has 2 fully saturated rings. The number of hydrogen-bond acceptors (Lipinski definition) is 3. The van der Waals surface area contributed by atoms with Crippen LogP contribution in [0.1, 0.15) is 32.3 Å². The molecule has 0 unspecified atom stereocenters. The highest BCUT2D eigenvalue weighted by Gasteiger charge is 2.32. The summed E-state index contributed by atoms with van der Waals surface area (Å²) in [6.45, 7) is 9.79. The molecule has 0 N–H and O–H groups in total. The molecule has 2 saturated heterocycles. The van der Waals surface area contributed by atoms with Crippen molar-refractivity contribution >= 4 is 11.8 Å². The van der Waals surface area contributed by atoms with Crippen LogP contribution in [0.2, 0.25) is 0 Å². The first-order chi connectivity index (χ1) is 12.5. The van der Waals surface area contributed by atoms with Crippen molar-refractivity contribution in [3.63, 3.8) is 0 Å². The number of carbonyl (C=O) groups is 2. The van der Waals surface area contributed by atoms with Crippen LogP contribution in [0.3, 0.4) is 0 Å². The molecule has 0 spiro atoms. The molecule has 1 aromatic rings. The summed E-state index contributed by atoms with van der Waals surface area (Å²) in [5.41, 5.74) is 1.33. The molecule has 5 heteroatoms. The molecule has 0 aromatic heterocycles. The van der Waals surface area contributed by atoms with E-state index in [9.17, 15) is 9.59 Å². The van der Waals surface area contributed by atoms with Crippen LogP contribution in [-0.2, 0) is 16.1 Å². The van der Waals surface area contributed by atoms with Crippen LogP contribution < -0.4 is 0 Å². The number of amides is 2. The molecule has 0 atom stereocenters. The first-order valence-corrected chi connectivity index (χ1v) is 9.88. The average molecular weight is 357 g/mol. The summed E-state index contributed by atoms with van der Waals surface area (Å²) in [6, 6.07) is 10.5. The molecule has 0 radical (unpaired) electrons. The van der Waals surface area contributed by atoms with E-state index >= 15 is 0 Å². The lowest BCUT2D eigenvalue weighted by Crippen LogP contribution is -2.51. The minimum atomic E-state index is 0.0416. The summed E-state index contributed by atoms with van der Waals surface area (Å²) < 4.78 is 0. The molecule has 26 heavy (non-hydrogen) atoms. The van der Waals surface area contributed by atoms with Gasteiger partial charge in [-0.15, -0.1) is 0 Å². The van der Waals surface area contributed by atoms with Crippen molar-refractivity contribution in [3.8, 4) is 0 Å².